The summed E-state index contributed by atoms with van der Waals surface area (Å²) in [6, 6.07) is 14.7. The van der Waals surface area contributed by atoms with Crippen LogP contribution in [0.1, 0.15) is 64.6 Å². The van der Waals surface area contributed by atoms with Crippen molar-refractivity contribution in [2.75, 3.05) is 13.1 Å². The zero-order valence-corrected chi connectivity index (χ0v) is 22.5. The maximum atomic E-state index is 13.8. The summed E-state index contributed by atoms with van der Waals surface area (Å²) < 4.78 is 0. The number of benzene rings is 2. The summed E-state index contributed by atoms with van der Waals surface area (Å²) in [7, 11) is 0. The van der Waals surface area contributed by atoms with E-state index in [2.05, 4.69) is 16.8 Å². The molecule has 0 spiro atoms. The van der Waals surface area contributed by atoms with Crippen molar-refractivity contribution in [2.24, 2.45) is 5.92 Å². The molecule has 2 aromatic rings. The average Bonchev–Trinajstić information content (AvgIpc) is 3.67. The third-order valence-corrected chi connectivity index (χ3v) is 8.67. The molecule has 2 saturated heterocycles. The Kier molecular flexibility index (Phi) is 7.70. The number of rotatable bonds is 7. The molecular formula is C30H33N3O4S. The summed E-state index contributed by atoms with van der Waals surface area (Å²) >= 11 is 1.77. The fourth-order valence-corrected chi connectivity index (χ4v) is 6.62. The summed E-state index contributed by atoms with van der Waals surface area (Å²) in [5.41, 5.74) is 2.20. The highest BCUT2D eigenvalue weighted by Gasteiger charge is 2.52. The van der Waals surface area contributed by atoms with Crippen molar-refractivity contribution in [1.82, 2.24) is 15.1 Å². The fraction of sp³-hybridized carbons (Fsp3) is 0.400. The van der Waals surface area contributed by atoms with Gasteiger partial charge in [0.1, 0.15) is 12.1 Å². The van der Waals surface area contributed by atoms with Crippen LogP contribution in [-0.2, 0) is 9.59 Å². The number of carbonyl (C=O) groups excluding carboxylic acids is 4. The van der Waals surface area contributed by atoms with Crippen LogP contribution in [0, 0.1) is 5.92 Å². The standard InChI is InChI=1S/C30H33N3O4S/c1-19(2)17-23(31-28(35)21-12-10-20(11-13-21)26-9-6-16-38-26)30(37)32-15-14-24-27(32)25(34)18-33(24)29(36)22-7-4-3-5-8-22/h3-8,10-13,16,19,23-24,26-27H,9,14-15,17-18H2,1-2H3,(H,31,35)/t23-,24+,26?,27-/m0/s1. The van der Waals surface area contributed by atoms with E-state index in [4.69, 9.17) is 0 Å². The first-order valence-corrected chi connectivity index (χ1v) is 14.2. The van der Waals surface area contributed by atoms with E-state index in [1.54, 1.807) is 58.0 Å². The van der Waals surface area contributed by atoms with Gasteiger partial charge in [-0.15, -0.1) is 11.8 Å². The number of amides is 3. The predicted octanol–water partition coefficient (Wildman–Crippen LogP) is 4.22. The minimum Gasteiger partial charge on any atom is -0.340 e. The molecule has 8 heteroatoms. The fourth-order valence-electron chi connectivity index (χ4n) is 5.67. The van der Waals surface area contributed by atoms with Crippen LogP contribution in [0.15, 0.2) is 66.1 Å². The van der Waals surface area contributed by atoms with Gasteiger partial charge in [0, 0.05) is 22.9 Å². The van der Waals surface area contributed by atoms with Crippen molar-refractivity contribution in [3.05, 3.63) is 82.8 Å². The van der Waals surface area contributed by atoms with Crippen LogP contribution >= 0.6 is 11.8 Å². The summed E-state index contributed by atoms with van der Waals surface area (Å²) in [5, 5.41) is 5.42. The van der Waals surface area contributed by atoms with E-state index in [-0.39, 0.29) is 42.0 Å². The molecule has 38 heavy (non-hydrogen) atoms. The second kappa shape index (κ2) is 11.2. The Bertz CT molecular complexity index is 1240. The van der Waals surface area contributed by atoms with Crippen LogP contribution < -0.4 is 5.32 Å². The van der Waals surface area contributed by atoms with Crippen molar-refractivity contribution >= 4 is 35.3 Å². The lowest BCUT2D eigenvalue weighted by molar-refractivity contribution is -0.138. The SMILES string of the molecule is CC(C)C[C@H](NC(=O)c1ccc(C2CC=CS2)cc1)C(=O)N1CC[C@@H]2[C@H]1C(=O)CN2C(=O)c1ccccc1. The smallest absolute Gasteiger partial charge is 0.254 e. The first-order chi connectivity index (χ1) is 18.3. The summed E-state index contributed by atoms with van der Waals surface area (Å²) in [6.07, 6.45) is 4.12. The Morgan fingerprint density at radius 2 is 1.74 bits per heavy atom. The second-order valence-electron chi connectivity index (χ2n) is 10.6. The maximum Gasteiger partial charge on any atom is 0.254 e. The molecule has 3 aliphatic heterocycles. The number of hydrogen-bond acceptors (Lipinski definition) is 5. The van der Waals surface area contributed by atoms with Gasteiger partial charge in [0.05, 0.1) is 12.6 Å². The van der Waals surface area contributed by atoms with E-state index in [0.717, 1.165) is 6.42 Å². The number of thioether (sulfide) groups is 1. The van der Waals surface area contributed by atoms with E-state index in [1.807, 2.05) is 32.0 Å². The van der Waals surface area contributed by atoms with Gasteiger partial charge in [0.25, 0.3) is 11.8 Å². The molecule has 2 aromatic carbocycles. The van der Waals surface area contributed by atoms with Gasteiger partial charge in [-0.3, -0.25) is 19.2 Å². The van der Waals surface area contributed by atoms with Crippen LogP contribution in [0.5, 0.6) is 0 Å². The van der Waals surface area contributed by atoms with Gasteiger partial charge in [-0.05, 0) is 60.4 Å². The molecule has 198 valence electrons. The highest BCUT2D eigenvalue weighted by Crippen LogP contribution is 2.38. The average molecular weight is 532 g/mol. The van der Waals surface area contributed by atoms with Gasteiger partial charge in [0.15, 0.2) is 5.78 Å². The Labute approximate surface area is 227 Å². The van der Waals surface area contributed by atoms with Crippen LogP contribution in [0.3, 0.4) is 0 Å². The van der Waals surface area contributed by atoms with Gasteiger partial charge in [-0.25, -0.2) is 0 Å². The zero-order chi connectivity index (χ0) is 26.8. The summed E-state index contributed by atoms with van der Waals surface area (Å²) in [5.74, 6) is -0.723. The quantitative estimate of drug-likeness (QED) is 0.578. The van der Waals surface area contributed by atoms with E-state index in [9.17, 15) is 19.2 Å². The number of ketones is 1. The first-order valence-electron chi connectivity index (χ1n) is 13.2. The van der Waals surface area contributed by atoms with Crippen LogP contribution in [0.25, 0.3) is 0 Å². The molecule has 5 rings (SSSR count). The van der Waals surface area contributed by atoms with Gasteiger partial charge >= 0.3 is 0 Å². The number of likely N-dealkylation sites (tertiary alicyclic amines) is 2. The van der Waals surface area contributed by atoms with Crippen LogP contribution in [-0.4, -0.2) is 64.5 Å². The highest BCUT2D eigenvalue weighted by molar-refractivity contribution is 8.02. The van der Waals surface area contributed by atoms with Crippen molar-refractivity contribution in [1.29, 1.82) is 0 Å². The van der Waals surface area contributed by atoms with Crippen LogP contribution in [0.4, 0.5) is 0 Å². The lowest BCUT2D eigenvalue weighted by Crippen LogP contribution is -2.53. The number of hydrogen-bond donors (Lipinski definition) is 1. The highest BCUT2D eigenvalue weighted by atomic mass is 32.2. The Morgan fingerprint density at radius 1 is 1.00 bits per heavy atom. The number of nitrogens with zero attached hydrogens (tertiary/aromatic N) is 2. The summed E-state index contributed by atoms with van der Waals surface area (Å²) in [4.78, 5) is 56.3. The molecule has 3 aliphatic rings. The molecular weight excluding hydrogens is 498 g/mol. The largest absolute Gasteiger partial charge is 0.340 e. The van der Waals surface area contributed by atoms with Gasteiger partial charge in [0.2, 0.25) is 5.91 Å². The first kappa shape index (κ1) is 26.2. The topological polar surface area (TPSA) is 86.8 Å². The molecule has 0 saturated carbocycles. The number of nitrogens with one attached hydrogen (secondary N) is 1. The number of carbonyl (C=O) groups is 4. The molecule has 0 aliphatic carbocycles. The molecule has 4 atom stereocenters. The molecule has 0 aromatic heterocycles. The third-order valence-electron chi connectivity index (χ3n) is 7.53. The molecule has 3 amide bonds. The van der Waals surface area contributed by atoms with Crippen molar-refractivity contribution in [2.45, 2.75) is 56.5 Å². The van der Waals surface area contributed by atoms with Gasteiger partial charge < -0.3 is 15.1 Å². The summed E-state index contributed by atoms with van der Waals surface area (Å²) in [6.45, 7) is 4.38. The Morgan fingerprint density at radius 3 is 2.39 bits per heavy atom. The second-order valence-corrected chi connectivity index (χ2v) is 11.7. The van der Waals surface area contributed by atoms with Crippen LogP contribution in [0.2, 0.25) is 0 Å². The molecule has 1 unspecified atom stereocenters. The zero-order valence-electron chi connectivity index (χ0n) is 21.7. The molecule has 0 bridgehead atoms. The monoisotopic (exact) mass is 531 g/mol. The van der Waals surface area contributed by atoms with E-state index in [1.165, 1.54) is 5.56 Å². The molecule has 0 radical (unpaired) electrons. The van der Waals surface area contributed by atoms with Crippen molar-refractivity contribution < 1.29 is 19.2 Å². The molecule has 7 nitrogen and oxygen atoms in total. The van der Waals surface area contributed by atoms with Gasteiger partial charge in [-0.2, -0.15) is 0 Å². The predicted molar refractivity (Wildman–Crippen MR) is 148 cm³/mol. The van der Waals surface area contributed by atoms with E-state index < -0.39 is 12.1 Å². The van der Waals surface area contributed by atoms with E-state index >= 15 is 0 Å². The molecule has 2 fully saturated rings. The number of fused-ring (bicyclic) bond motifs is 1. The van der Waals surface area contributed by atoms with E-state index in [0.29, 0.717) is 35.8 Å². The van der Waals surface area contributed by atoms with Gasteiger partial charge in [-0.1, -0.05) is 50.3 Å². The lowest BCUT2D eigenvalue weighted by atomic mass is 10.0. The minimum atomic E-state index is -0.748. The number of allylic oxidation sites excluding steroid dienone is 1. The lowest BCUT2D eigenvalue weighted by Gasteiger charge is -2.29. The maximum absolute atomic E-state index is 13.8. The third kappa shape index (κ3) is 5.27. The minimum absolute atomic E-state index is 0.00477. The van der Waals surface area contributed by atoms with Crippen molar-refractivity contribution in [3.8, 4) is 0 Å². The Hall–Kier alpha value is -3.39. The molecule has 1 N–H and O–H groups in total. The Balaban J connectivity index is 1.29. The normalized spacial score (nSPS) is 23.1. The number of Topliss-reactive ketones (excluding diaryl/α,β-unsaturated/α-hetero) is 1. The molecule has 3 heterocycles. The van der Waals surface area contributed by atoms with Crippen molar-refractivity contribution in [3.63, 3.8) is 0 Å².